The molecule has 3 nitrogen and oxygen atoms in total. The van der Waals surface area contributed by atoms with Gasteiger partial charge in [-0.1, -0.05) is 0 Å². The van der Waals surface area contributed by atoms with E-state index in [9.17, 15) is 13.2 Å². The number of nitrogens with zero attached hydrogens (tertiary/aromatic N) is 3. The Hall–Kier alpha value is -1.04. The zero-order chi connectivity index (χ0) is 12.9. The van der Waals surface area contributed by atoms with Crippen LogP contribution < -0.4 is 4.90 Å². The molecule has 0 spiro atoms. The number of alkyl halides is 3. The van der Waals surface area contributed by atoms with Crippen LogP contribution in [0.3, 0.4) is 0 Å². The molecular weight excluding hydrogens is 267 g/mol. The van der Waals surface area contributed by atoms with Crippen molar-refractivity contribution in [2.45, 2.75) is 31.5 Å². The van der Waals surface area contributed by atoms with Gasteiger partial charge >= 0.3 is 6.18 Å². The fourth-order valence-corrected chi connectivity index (χ4v) is 3.08. The van der Waals surface area contributed by atoms with Crippen LogP contribution >= 0.6 is 11.6 Å². The number of hydrogen-bond donors (Lipinski definition) is 0. The Morgan fingerprint density at radius 2 is 2.06 bits per heavy atom. The first-order valence-corrected chi connectivity index (χ1v) is 6.19. The highest BCUT2D eigenvalue weighted by molar-refractivity contribution is 6.28. The fraction of sp³-hybridized carbons (Fsp3) is 0.636. The molecule has 1 aliphatic carbocycles. The molecule has 18 heavy (non-hydrogen) atoms. The average Bonchev–Trinajstić information content (AvgIpc) is 2.88. The Kier molecular flexibility index (Phi) is 2.66. The van der Waals surface area contributed by atoms with Crippen molar-refractivity contribution in [1.82, 2.24) is 9.97 Å². The van der Waals surface area contributed by atoms with E-state index in [1.54, 1.807) is 0 Å². The van der Waals surface area contributed by atoms with Gasteiger partial charge in [-0.2, -0.15) is 13.2 Å². The molecule has 0 aromatic carbocycles. The van der Waals surface area contributed by atoms with Gasteiger partial charge in [-0.05, 0) is 36.8 Å². The Morgan fingerprint density at radius 1 is 1.28 bits per heavy atom. The van der Waals surface area contributed by atoms with E-state index < -0.39 is 11.9 Å². The number of piperidine rings is 1. The third-order valence-electron chi connectivity index (χ3n) is 3.68. The molecule has 2 aliphatic rings. The maximum Gasteiger partial charge on any atom is 0.433 e. The van der Waals surface area contributed by atoms with E-state index in [-0.39, 0.29) is 5.28 Å². The topological polar surface area (TPSA) is 29.0 Å². The first-order chi connectivity index (χ1) is 8.43. The van der Waals surface area contributed by atoms with Crippen LogP contribution in [0.15, 0.2) is 6.07 Å². The molecule has 1 saturated heterocycles. The minimum atomic E-state index is -4.49. The molecule has 0 radical (unpaired) electrons. The molecule has 2 unspecified atom stereocenters. The predicted molar refractivity (Wildman–Crippen MR) is 60.5 cm³/mol. The van der Waals surface area contributed by atoms with Crippen molar-refractivity contribution in [3.63, 3.8) is 0 Å². The lowest BCUT2D eigenvalue weighted by atomic mass is 10.1. The second-order valence-electron chi connectivity index (χ2n) is 4.86. The molecule has 2 fully saturated rings. The lowest BCUT2D eigenvalue weighted by molar-refractivity contribution is -0.141. The molecule has 0 amide bonds. The summed E-state index contributed by atoms with van der Waals surface area (Å²) >= 11 is 5.59. The van der Waals surface area contributed by atoms with Crippen LogP contribution in [-0.4, -0.2) is 22.6 Å². The smallest absolute Gasteiger partial charge is 0.353 e. The number of fused-ring (bicyclic) bond motifs is 2. The molecule has 1 aliphatic heterocycles. The highest BCUT2D eigenvalue weighted by atomic mass is 35.5. The van der Waals surface area contributed by atoms with Gasteiger partial charge in [0.2, 0.25) is 5.28 Å². The van der Waals surface area contributed by atoms with E-state index in [0.29, 0.717) is 17.8 Å². The minimum absolute atomic E-state index is 0.300. The molecule has 98 valence electrons. The summed E-state index contributed by atoms with van der Waals surface area (Å²) < 4.78 is 38.0. The molecule has 7 heteroatoms. The summed E-state index contributed by atoms with van der Waals surface area (Å²) in [5, 5.41) is -0.345. The summed E-state index contributed by atoms with van der Waals surface area (Å²) in [6.07, 6.45) is -1.26. The third kappa shape index (κ3) is 2.02. The predicted octanol–water partition coefficient (Wildman–Crippen LogP) is 3.14. The molecule has 1 aromatic rings. The summed E-state index contributed by atoms with van der Waals surface area (Å²) in [7, 11) is 0. The van der Waals surface area contributed by atoms with Crippen molar-refractivity contribution >= 4 is 17.4 Å². The zero-order valence-electron chi connectivity index (χ0n) is 9.41. The fourth-order valence-electron chi connectivity index (χ4n) is 2.90. The lowest BCUT2D eigenvalue weighted by Crippen LogP contribution is -2.33. The number of anilines is 1. The van der Waals surface area contributed by atoms with Gasteiger partial charge in [0, 0.05) is 18.7 Å². The van der Waals surface area contributed by atoms with Crippen molar-refractivity contribution in [3.05, 3.63) is 17.0 Å². The summed E-state index contributed by atoms with van der Waals surface area (Å²) in [4.78, 5) is 9.10. The molecule has 0 N–H and O–H groups in total. The van der Waals surface area contributed by atoms with Crippen LogP contribution in [0.25, 0.3) is 0 Å². The highest BCUT2D eigenvalue weighted by Crippen LogP contribution is 2.40. The molecule has 2 bridgehead atoms. The SMILES string of the molecule is FC(F)(F)c1cc(N2CC3CCC2C3)nc(Cl)n1. The maximum absolute atomic E-state index is 12.7. The van der Waals surface area contributed by atoms with Gasteiger partial charge in [-0.3, -0.25) is 0 Å². The van der Waals surface area contributed by atoms with Crippen molar-refractivity contribution in [3.8, 4) is 0 Å². The van der Waals surface area contributed by atoms with Crippen LogP contribution in [0.5, 0.6) is 0 Å². The van der Waals surface area contributed by atoms with Crippen LogP contribution in [0.1, 0.15) is 25.0 Å². The summed E-state index contributed by atoms with van der Waals surface area (Å²) in [6, 6.07) is 1.30. The third-order valence-corrected chi connectivity index (χ3v) is 3.85. The van der Waals surface area contributed by atoms with Gasteiger partial charge in [0.05, 0.1) is 0 Å². The quantitative estimate of drug-likeness (QED) is 0.739. The number of hydrogen-bond acceptors (Lipinski definition) is 3. The second-order valence-corrected chi connectivity index (χ2v) is 5.20. The first-order valence-electron chi connectivity index (χ1n) is 5.82. The molecule has 1 aromatic heterocycles. The number of rotatable bonds is 1. The van der Waals surface area contributed by atoms with Crippen molar-refractivity contribution < 1.29 is 13.2 Å². The standard InChI is InChI=1S/C11H11ClF3N3/c12-10-16-8(11(13,14)15)4-9(17-10)18-5-6-1-2-7(18)3-6/h4,6-7H,1-3,5H2. The van der Waals surface area contributed by atoms with Gasteiger partial charge in [-0.15, -0.1) is 0 Å². The van der Waals surface area contributed by atoms with Gasteiger partial charge < -0.3 is 4.90 Å². The normalized spacial score (nSPS) is 27.0. The number of aromatic nitrogens is 2. The average molecular weight is 278 g/mol. The van der Waals surface area contributed by atoms with Crippen LogP contribution in [-0.2, 0) is 6.18 Å². The molecular formula is C11H11ClF3N3. The zero-order valence-corrected chi connectivity index (χ0v) is 10.2. The van der Waals surface area contributed by atoms with Gasteiger partial charge in [0.15, 0.2) is 5.69 Å². The van der Waals surface area contributed by atoms with Gasteiger partial charge in [-0.25, -0.2) is 9.97 Å². The van der Waals surface area contributed by atoms with E-state index in [0.717, 1.165) is 31.9 Å². The van der Waals surface area contributed by atoms with Gasteiger partial charge in [0.1, 0.15) is 5.82 Å². The largest absolute Gasteiger partial charge is 0.433 e. The summed E-state index contributed by atoms with van der Waals surface area (Å²) in [5.74, 6) is 0.882. The minimum Gasteiger partial charge on any atom is -0.353 e. The molecule has 3 rings (SSSR count). The molecule has 2 atom stereocenters. The van der Waals surface area contributed by atoms with E-state index >= 15 is 0 Å². The van der Waals surface area contributed by atoms with Crippen molar-refractivity contribution in [2.75, 3.05) is 11.4 Å². The Labute approximate surface area is 107 Å². The molecule has 1 saturated carbocycles. The Balaban J connectivity index is 1.95. The van der Waals surface area contributed by atoms with Crippen LogP contribution in [0.4, 0.5) is 19.0 Å². The van der Waals surface area contributed by atoms with Crippen molar-refractivity contribution in [1.29, 1.82) is 0 Å². The van der Waals surface area contributed by atoms with Gasteiger partial charge in [0.25, 0.3) is 0 Å². The van der Waals surface area contributed by atoms with E-state index in [1.807, 2.05) is 4.90 Å². The van der Waals surface area contributed by atoms with Crippen LogP contribution in [0, 0.1) is 5.92 Å². The monoisotopic (exact) mass is 277 g/mol. The lowest BCUT2D eigenvalue weighted by Gasteiger charge is -2.28. The van der Waals surface area contributed by atoms with Crippen LogP contribution in [0.2, 0.25) is 5.28 Å². The Morgan fingerprint density at radius 3 is 2.61 bits per heavy atom. The Bertz CT molecular complexity index is 477. The first kappa shape index (κ1) is 12.0. The van der Waals surface area contributed by atoms with Crippen molar-refractivity contribution in [2.24, 2.45) is 5.92 Å². The second kappa shape index (κ2) is 3.98. The van der Waals surface area contributed by atoms with E-state index in [1.165, 1.54) is 0 Å². The summed E-state index contributed by atoms with van der Waals surface area (Å²) in [6.45, 7) is 0.773. The highest BCUT2D eigenvalue weighted by Gasteiger charge is 2.40. The number of halogens is 4. The van der Waals surface area contributed by atoms with E-state index in [4.69, 9.17) is 11.6 Å². The molecule has 2 heterocycles. The van der Waals surface area contributed by atoms with E-state index in [2.05, 4.69) is 9.97 Å². The summed E-state index contributed by atoms with van der Waals surface area (Å²) in [5.41, 5.74) is -0.972. The maximum atomic E-state index is 12.7.